The van der Waals surface area contributed by atoms with Gasteiger partial charge in [-0.3, -0.25) is 0 Å². The molecule has 2 rings (SSSR count). The average molecular weight is 269 g/mol. The third kappa shape index (κ3) is 1.80. The van der Waals surface area contributed by atoms with Gasteiger partial charge in [0, 0.05) is 16.6 Å². The van der Waals surface area contributed by atoms with Crippen LogP contribution in [0.15, 0.2) is 45.8 Å². The quantitative estimate of drug-likeness (QED) is 0.728. The molecule has 1 nitrogen and oxygen atoms in total. The predicted octanol–water partition coefficient (Wildman–Crippen LogP) is 3.34. The molecule has 72 valence electrons. The van der Waals surface area contributed by atoms with Crippen LogP contribution in [0.5, 0.6) is 0 Å². The fourth-order valence-electron chi connectivity index (χ4n) is 1.40. The molecule has 0 spiro atoms. The fourth-order valence-corrected chi connectivity index (χ4v) is 2.74. The van der Waals surface area contributed by atoms with E-state index >= 15 is 0 Å². The number of benzene rings is 2. The Morgan fingerprint density at radius 1 is 1.21 bits per heavy atom. The highest BCUT2D eigenvalue weighted by atomic mass is 79.9. The Morgan fingerprint density at radius 3 is 2.64 bits per heavy atom. The van der Waals surface area contributed by atoms with Crippen LogP contribution >= 0.6 is 15.9 Å². The third-order valence-electron chi connectivity index (χ3n) is 2.12. The molecular formula is C11H9BrOS. The van der Waals surface area contributed by atoms with E-state index in [9.17, 15) is 4.55 Å². The van der Waals surface area contributed by atoms with Crippen molar-refractivity contribution in [1.82, 2.24) is 0 Å². The van der Waals surface area contributed by atoms with Crippen LogP contribution in [0.25, 0.3) is 10.8 Å². The van der Waals surface area contributed by atoms with E-state index in [1.807, 2.05) is 36.4 Å². The van der Waals surface area contributed by atoms with Gasteiger partial charge in [-0.25, -0.2) is 0 Å². The molecule has 0 amide bonds. The Bertz CT molecular complexity index is 468. The van der Waals surface area contributed by atoms with Gasteiger partial charge in [0.2, 0.25) is 0 Å². The number of rotatable bonds is 1. The van der Waals surface area contributed by atoms with E-state index in [2.05, 4.69) is 15.9 Å². The van der Waals surface area contributed by atoms with Gasteiger partial charge in [0.1, 0.15) is 6.26 Å². The minimum Gasteiger partial charge on any atom is -0.612 e. The predicted molar refractivity (Wildman–Crippen MR) is 64.0 cm³/mol. The maximum absolute atomic E-state index is 11.3. The largest absolute Gasteiger partial charge is 0.612 e. The van der Waals surface area contributed by atoms with Crippen molar-refractivity contribution in [2.45, 2.75) is 4.90 Å². The molecule has 0 aromatic heterocycles. The lowest BCUT2D eigenvalue weighted by molar-refractivity contribution is 0.601. The molecule has 0 radical (unpaired) electrons. The molecule has 0 saturated carbocycles. The normalized spacial score (nSPS) is 13.1. The van der Waals surface area contributed by atoms with Crippen LogP contribution < -0.4 is 0 Å². The molecule has 14 heavy (non-hydrogen) atoms. The van der Waals surface area contributed by atoms with Gasteiger partial charge >= 0.3 is 0 Å². The Morgan fingerprint density at radius 2 is 1.93 bits per heavy atom. The zero-order valence-corrected chi connectivity index (χ0v) is 10.1. The van der Waals surface area contributed by atoms with Crippen LogP contribution in [0, 0.1) is 0 Å². The van der Waals surface area contributed by atoms with Crippen LogP contribution in [-0.4, -0.2) is 10.8 Å². The monoisotopic (exact) mass is 268 g/mol. The molecule has 1 atom stereocenters. The summed E-state index contributed by atoms with van der Waals surface area (Å²) in [6, 6.07) is 11.9. The fraction of sp³-hybridized carbons (Fsp3) is 0.0909. The summed E-state index contributed by atoms with van der Waals surface area (Å²) in [6.07, 6.45) is 1.69. The van der Waals surface area contributed by atoms with Crippen molar-refractivity contribution in [3.8, 4) is 0 Å². The van der Waals surface area contributed by atoms with E-state index in [1.54, 1.807) is 6.26 Å². The smallest absolute Gasteiger partial charge is 0.154 e. The van der Waals surface area contributed by atoms with Gasteiger partial charge < -0.3 is 4.55 Å². The van der Waals surface area contributed by atoms with Crippen LogP contribution in [0.4, 0.5) is 0 Å². The van der Waals surface area contributed by atoms with Crippen LogP contribution in [-0.2, 0) is 11.2 Å². The van der Waals surface area contributed by atoms with Crippen molar-refractivity contribution in [1.29, 1.82) is 0 Å². The molecule has 0 aliphatic rings. The zero-order chi connectivity index (χ0) is 10.1. The Labute approximate surface area is 94.4 Å². The first-order valence-corrected chi connectivity index (χ1v) is 6.55. The number of halogens is 1. The lowest BCUT2D eigenvalue weighted by Gasteiger charge is -2.07. The average Bonchev–Trinajstić information content (AvgIpc) is 2.17. The van der Waals surface area contributed by atoms with E-state index < -0.39 is 11.2 Å². The number of hydrogen-bond acceptors (Lipinski definition) is 1. The summed E-state index contributed by atoms with van der Waals surface area (Å²) >= 11 is 2.56. The van der Waals surface area contributed by atoms with E-state index in [0.29, 0.717) is 0 Å². The highest BCUT2D eigenvalue weighted by Gasteiger charge is 2.07. The van der Waals surface area contributed by atoms with Crippen LogP contribution in [0.3, 0.4) is 0 Å². The topological polar surface area (TPSA) is 23.1 Å². The Balaban J connectivity index is 2.72. The van der Waals surface area contributed by atoms with Crippen LogP contribution in [0.1, 0.15) is 0 Å². The van der Waals surface area contributed by atoms with E-state index in [0.717, 1.165) is 20.1 Å². The van der Waals surface area contributed by atoms with Crippen molar-refractivity contribution < 1.29 is 4.55 Å². The second kappa shape index (κ2) is 3.93. The lowest BCUT2D eigenvalue weighted by atomic mass is 10.1. The molecule has 0 aliphatic carbocycles. The number of hydrogen-bond donors (Lipinski definition) is 0. The van der Waals surface area contributed by atoms with Crippen molar-refractivity contribution in [2.75, 3.05) is 6.26 Å². The first-order chi connectivity index (χ1) is 6.68. The van der Waals surface area contributed by atoms with Crippen molar-refractivity contribution >= 4 is 37.9 Å². The first kappa shape index (κ1) is 10.0. The van der Waals surface area contributed by atoms with Gasteiger partial charge in [0.15, 0.2) is 4.90 Å². The summed E-state index contributed by atoms with van der Waals surface area (Å²) in [5, 5.41) is 2.27. The summed E-state index contributed by atoms with van der Waals surface area (Å²) in [4.78, 5) is 0.857. The van der Waals surface area contributed by atoms with E-state index in [4.69, 9.17) is 0 Å². The van der Waals surface area contributed by atoms with Crippen molar-refractivity contribution in [3.05, 3.63) is 40.9 Å². The summed E-state index contributed by atoms with van der Waals surface area (Å²) in [7, 11) is 0. The Hall–Kier alpha value is -0.510. The SMILES string of the molecule is C[S+]([O-])c1cc(Br)c2ccccc2c1. The van der Waals surface area contributed by atoms with Gasteiger partial charge in [-0.05, 0) is 37.9 Å². The summed E-state index contributed by atoms with van der Waals surface area (Å²) < 4.78 is 12.3. The molecule has 2 aromatic carbocycles. The Kier molecular flexibility index (Phi) is 2.81. The van der Waals surface area contributed by atoms with Gasteiger partial charge in [-0.2, -0.15) is 0 Å². The molecule has 1 unspecified atom stereocenters. The molecular weight excluding hydrogens is 260 g/mol. The molecule has 0 heterocycles. The number of fused-ring (bicyclic) bond motifs is 1. The molecule has 0 fully saturated rings. The molecule has 0 aliphatic heterocycles. The molecule has 0 saturated heterocycles. The molecule has 2 aromatic rings. The maximum Gasteiger partial charge on any atom is 0.154 e. The molecule has 0 bridgehead atoms. The lowest BCUT2D eigenvalue weighted by Crippen LogP contribution is -1.96. The van der Waals surface area contributed by atoms with Gasteiger partial charge in [-0.15, -0.1) is 0 Å². The minimum atomic E-state index is -0.925. The molecule has 0 N–H and O–H groups in total. The van der Waals surface area contributed by atoms with Gasteiger partial charge in [0.05, 0.1) is 0 Å². The zero-order valence-electron chi connectivity index (χ0n) is 7.66. The highest BCUT2D eigenvalue weighted by molar-refractivity contribution is 9.10. The third-order valence-corrected chi connectivity index (χ3v) is 3.67. The van der Waals surface area contributed by atoms with Crippen LogP contribution in [0.2, 0.25) is 0 Å². The van der Waals surface area contributed by atoms with Crippen molar-refractivity contribution in [2.24, 2.45) is 0 Å². The first-order valence-electron chi connectivity index (χ1n) is 4.20. The van der Waals surface area contributed by atoms with E-state index in [-0.39, 0.29) is 0 Å². The second-order valence-electron chi connectivity index (χ2n) is 3.08. The summed E-state index contributed by atoms with van der Waals surface area (Å²) in [5.74, 6) is 0. The van der Waals surface area contributed by atoms with E-state index in [1.165, 1.54) is 0 Å². The standard InChI is InChI=1S/C11H9BrOS/c1-14(13)9-6-8-4-2-3-5-10(8)11(12)7-9/h2-7H,1H3. The van der Waals surface area contributed by atoms with Crippen molar-refractivity contribution in [3.63, 3.8) is 0 Å². The molecule has 3 heteroatoms. The second-order valence-corrected chi connectivity index (χ2v) is 5.31. The minimum absolute atomic E-state index is 0.857. The summed E-state index contributed by atoms with van der Waals surface area (Å²) in [5.41, 5.74) is 0. The summed E-state index contributed by atoms with van der Waals surface area (Å²) in [6.45, 7) is 0. The van der Waals surface area contributed by atoms with Gasteiger partial charge in [-0.1, -0.05) is 24.3 Å². The highest BCUT2D eigenvalue weighted by Crippen LogP contribution is 2.27. The van der Waals surface area contributed by atoms with Gasteiger partial charge in [0.25, 0.3) is 0 Å². The maximum atomic E-state index is 11.3.